The van der Waals surface area contributed by atoms with Crippen LogP contribution in [0.4, 0.5) is 11.5 Å². The number of carbonyl (C=O) groups is 1. The van der Waals surface area contributed by atoms with E-state index < -0.39 is 0 Å². The molecule has 138 valence electrons. The van der Waals surface area contributed by atoms with Gasteiger partial charge in [-0.3, -0.25) is 4.79 Å². The summed E-state index contributed by atoms with van der Waals surface area (Å²) in [7, 11) is 3.39. The molecule has 0 aliphatic heterocycles. The van der Waals surface area contributed by atoms with Gasteiger partial charge in [-0.15, -0.1) is 10.2 Å². The summed E-state index contributed by atoms with van der Waals surface area (Å²) in [6.45, 7) is 0.687. The Bertz CT molecular complexity index is 882. The van der Waals surface area contributed by atoms with Gasteiger partial charge in [0.25, 0.3) is 5.91 Å². The van der Waals surface area contributed by atoms with Gasteiger partial charge >= 0.3 is 0 Å². The lowest BCUT2D eigenvalue weighted by molar-refractivity contribution is 0.0987. The number of methoxy groups -OCH3 is 1. The predicted molar refractivity (Wildman–Crippen MR) is 106 cm³/mol. The lowest BCUT2D eigenvalue weighted by Crippen LogP contribution is -2.27. The molecule has 1 heterocycles. The lowest BCUT2D eigenvalue weighted by atomic mass is 10.1. The Morgan fingerprint density at radius 3 is 2.44 bits per heavy atom. The summed E-state index contributed by atoms with van der Waals surface area (Å²) in [5.74, 6) is 1.30. The standard InChI is InChI=1S/C21H22N4O2/c1-25(17-9-4-3-5-10-17)21(26)18-12-13-20(24-23-18)22-15-14-16-8-6-7-11-19(16)27-2/h3-13H,14-15H2,1-2H3,(H,22,24). The first-order valence-electron chi connectivity index (χ1n) is 8.71. The third kappa shape index (κ3) is 4.61. The monoisotopic (exact) mass is 362 g/mol. The quantitative estimate of drug-likeness (QED) is 0.698. The van der Waals surface area contributed by atoms with E-state index in [-0.39, 0.29) is 5.91 Å². The number of carbonyl (C=O) groups excluding carboxylic acids is 1. The molecule has 0 spiro atoms. The Morgan fingerprint density at radius 1 is 1.00 bits per heavy atom. The van der Waals surface area contributed by atoms with Gasteiger partial charge in [-0.2, -0.15) is 0 Å². The first-order chi connectivity index (χ1) is 13.2. The third-order valence-electron chi connectivity index (χ3n) is 4.22. The molecule has 0 saturated carbocycles. The minimum absolute atomic E-state index is 0.200. The van der Waals surface area contributed by atoms with Gasteiger partial charge in [0.1, 0.15) is 11.6 Å². The zero-order valence-electron chi connectivity index (χ0n) is 15.4. The van der Waals surface area contributed by atoms with Crippen LogP contribution in [0.3, 0.4) is 0 Å². The van der Waals surface area contributed by atoms with E-state index in [9.17, 15) is 4.79 Å². The minimum Gasteiger partial charge on any atom is -0.496 e. The zero-order valence-corrected chi connectivity index (χ0v) is 15.4. The summed E-state index contributed by atoms with van der Waals surface area (Å²) in [4.78, 5) is 14.1. The van der Waals surface area contributed by atoms with Gasteiger partial charge in [0, 0.05) is 19.3 Å². The Hall–Kier alpha value is -3.41. The molecule has 3 rings (SSSR count). The van der Waals surface area contributed by atoms with Gasteiger partial charge in [0.15, 0.2) is 5.69 Å². The highest BCUT2D eigenvalue weighted by Gasteiger charge is 2.15. The highest BCUT2D eigenvalue weighted by atomic mass is 16.5. The maximum Gasteiger partial charge on any atom is 0.278 e. The molecule has 0 unspecified atom stereocenters. The van der Waals surface area contributed by atoms with E-state index in [1.54, 1.807) is 31.2 Å². The average molecular weight is 362 g/mol. The Kier molecular flexibility index (Phi) is 5.99. The minimum atomic E-state index is -0.200. The lowest BCUT2D eigenvalue weighted by Gasteiger charge is -2.16. The zero-order chi connectivity index (χ0) is 19.1. The number of para-hydroxylation sites is 2. The molecule has 27 heavy (non-hydrogen) atoms. The van der Waals surface area contributed by atoms with Crippen LogP contribution >= 0.6 is 0 Å². The van der Waals surface area contributed by atoms with E-state index in [4.69, 9.17) is 4.74 Å². The maximum atomic E-state index is 12.5. The second kappa shape index (κ2) is 8.80. The van der Waals surface area contributed by atoms with Gasteiger partial charge in [0.05, 0.1) is 7.11 Å². The molecular weight excluding hydrogens is 340 g/mol. The Balaban J connectivity index is 1.58. The molecule has 0 saturated heterocycles. The van der Waals surface area contributed by atoms with Crippen LogP contribution in [0.25, 0.3) is 0 Å². The molecule has 3 aromatic rings. The van der Waals surface area contributed by atoms with Gasteiger partial charge in [-0.1, -0.05) is 36.4 Å². The van der Waals surface area contributed by atoms with Crippen molar-refractivity contribution in [2.75, 3.05) is 30.9 Å². The Morgan fingerprint density at radius 2 is 1.74 bits per heavy atom. The highest BCUT2D eigenvalue weighted by Crippen LogP contribution is 2.18. The van der Waals surface area contributed by atoms with Crippen LogP contribution in [-0.2, 0) is 6.42 Å². The largest absolute Gasteiger partial charge is 0.496 e. The van der Waals surface area contributed by atoms with Crippen molar-refractivity contribution in [3.63, 3.8) is 0 Å². The summed E-state index contributed by atoms with van der Waals surface area (Å²) in [5.41, 5.74) is 2.23. The van der Waals surface area contributed by atoms with Crippen LogP contribution in [0.5, 0.6) is 5.75 Å². The van der Waals surface area contributed by atoms with E-state index in [2.05, 4.69) is 15.5 Å². The van der Waals surface area contributed by atoms with Crippen molar-refractivity contribution >= 4 is 17.4 Å². The molecule has 1 N–H and O–H groups in total. The maximum absolute atomic E-state index is 12.5. The molecule has 1 aromatic heterocycles. The number of aromatic nitrogens is 2. The fourth-order valence-electron chi connectivity index (χ4n) is 2.72. The molecule has 0 radical (unpaired) electrons. The van der Waals surface area contributed by atoms with Crippen molar-refractivity contribution in [2.45, 2.75) is 6.42 Å². The topological polar surface area (TPSA) is 67.3 Å². The number of hydrogen-bond donors (Lipinski definition) is 1. The van der Waals surface area contributed by atoms with E-state index in [0.717, 1.165) is 23.4 Å². The number of nitrogens with one attached hydrogen (secondary N) is 1. The molecule has 0 atom stereocenters. The van der Waals surface area contributed by atoms with Gasteiger partial charge in [0.2, 0.25) is 0 Å². The first-order valence-corrected chi connectivity index (χ1v) is 8.71. The number of nitrogens with zero attached hydrogens (tertiary/aromatic N) is 3. The number of rotatable bonds is 7. The summed E-state index contributed by atoms with van der Waals surface area (Å²) in [6, 6.07) is 20.8. The van der Waals surface area contributed by atoms with E-state index in [1.807, 2.05) is 54.6 Å². The number of anilines is 2. The van der Waals surface area contributed by atoms with Crippen LogP contribution in [0.2, 0.25) is 0 Å². The molecule has 0 aliphatic carbocycles. The molecule has 1 amide bonds. The van der Waals surface area contributed by atoms with Crippen LogP contribution in [-0.4, -0.2) is 36.8 Å². The number of benzene rings is 2. The number of hydrogen-bond acceptors (Lipinski definition) is 5. The average Bonchev–Trinajstić information content (AvgIpc) is 2.74. The van der Waals surface area contributed by atoms with Crippen LogP contribution in [0.1, 0.15) is 16.1 Å². The van der Waals surface area contributed by atoms with Crippen molar-refractivity contribution < 1.29 is 9.53 Å². The molecule has 6 heteroatoms. The van der Waals surface area contributed by atoms with Crippen LogP contribution in [0.15, 0.2) is 66.7 Å². The van der Waals surface area contributed by atoms with Gasteiger partial charge in [-0.25, -0.2) is 0 Å². The fraction of sp³-hybridized carbons (Fsp3) is 0.190. The summed E-state index contributed by atoms with van der Waals surface area (Å²) >= 11 is 0. The van der Waals surface area contributed by atoms with Crippen molar-refractivity contribution in [1.29, 1.82) is 0 Å². The molecule has 6 nitrogen and oxygen atoms in total. The van der Waals surface area contributed by atoms with Crippen LogP contribution < -0.4 is 15.0 Å². The Labute approximate surface area is 158 Å². The second-order valence-corrected chi connectivity index (χ2v) is 5.99. The molecule has 2 aromatic carbocycles. The van der Waals surface area contributed by atoms with Gasteiger partial charge < -0.3 is 15.0 Å². The number of ether oxygens (including phenoxy) is 1. The smallest absolute Gasteiger partial charge is 0.278 e. The molecule has 0 aliphatic rings. The predicted octanol–water partition coefficient (Wildman–Crippen LogP) is 3.42. The van der Waals surface area contributed by atoms with Crippen molar-refractivity contribution in [2.24, 2.45) is 0 Å². The van der Waals surface area contributed by atoms with E-state index in [0.29, 0.717) is 18.1 Å². The summed E-state index contributed by atoms with van der Waals surface area (Å²) < 4.78 is 5.35. The summed E-state index contributed by atoms with van der Waals surface area (Å²) in [5, 5.41) is 11.4. The molecular formula is C21H22N4O2. The van der Waals surface area contributed by atoms with Gasteiger partial charge in [-0.05, 0) is 42.3 Å². The van der Waals surface area contributed by atoms with Crippen molar-refractivity contribution in [3.8, 4) is 5.75 Å². The second-order valence-electron chi connectivity index (χ2n) is 5.99. The van der Waals surface area contributed by atoms with E-state index in [1.165, 1.54) is 0 Å². The molecule has 0 bridgehead atoms. The summed E-state index contributed by atoms with van der Waals surface area (Å²) in [6.07, 6.45) is 0.795. The third-order valence-corrected chi connectivity index (χ3v) is 4.22. The van der Waals surface area contributed by atoms with Crippen molar-refractivity contribution in [3.05, 3.63) is 78.0 Å². The molecule has 0 fully saturated rings. The van der Waals surface area contributed by atoms with E-state index >= 15 is 0 Å². The normalized spacial score (nSPS) is 10.3. The first kappa shape index (κ1) is 18.4. The fourth-order valence-corrected chi connectivity index (χ4v) is 2.72. The highest BCUT2D eigenvalue weighted by molar-refractivity contribution is 6.04. The number of amides is 1. The van der Waals surface area contributed by atoms with Crippen molar-refractivity contribution in [1.82, 2.24) is 10.2 Å². The SMILES string of the molecule is COc1ccccc1CCNc1ccc(C(=O)N(C)c2ccccc2)nn1. The van der Waals surface area contributed by atoms with Crippen LogP contribution in [0, 0.1) is 0 Å².